The fourth-order valence-corrected chi connectivity index (χ4v) is 0.906. The summed E-state index contributed by atoms with van der Waals surface area (Å²) in [6.45, 7) is 4.27. The SMILES string of the molecule is CC(C)=C[C@@H](CN)CC(=O)O. The molecule has 0 unspecified atom stereocenters. The summed E-state index contributed by atoms with van der Waals surface area (Å²) in [7, 11) is 0. The minimum absolute atomic E-state index is 0.0162. The Kier molecular flexibility index (Phi) is 4.54. The first-order valence-corrected chi connectivity index (χ1v) is 3.63. The first-order valence-electron chi connectivity index (χ1n) is 3.63. The second-order valence-corrected chi connectivity index (χ2v) is 2.84. The highest BCUT2D eigenvalue weighted by atomic mass is 16.4. The molecule has 0 aromatic carbocycles. The summed E-state index contributed by atoms with van der Waals surface area (Å²) in [5.74, 6) is -0.810. The molecular formula is C8H15NO2. The van der Waals surface area contributed by atoms with E-state index in [9.17, 15) is 4.79 Å². The van der Waals surface area contributed by atoms with E-state index in [4.69, 9.17) is 10.8 Å². The Balaban J connectivity index is 3.96. The van der Waals surface area contributed by atoms with E-state index in [-0.39, 0.29) is 12.3 Å². The molecule has 0 aliphatic heterocycles. The van der Waals surface area contributed by atoms with Crippen LogP contribution in [-0.4, -0.2) is 17.6 Å². The van der Waals surface area contributed by atoms with Crippen LogP contribution in [-0.2, 0) is 4.79 Å². The molecule has 3 nitrogen and oxygen atoms in total. The molecule has 11 heavy (non-hydrogen) atoms. The van der Waals surface area contributed by atoms with Gasteiger partial charge in [0.1, 0.15) is 0 Å². The highest BCUT2D eigenvalue weighted by Gasteiger charge is 2.07. The van der Waals surface area contributed by atoms with Crippen molar-refractivity contribution in [2.75, 3.05) is 6.54 Å². The van der Waals surface area contributed by atoms with Gasteiger partial charge in [0.05, 0.1) is 6.42 Å². The number of carboxylic acid groups (broad SMARTS) is 1. The zero-order valence-corrected chi connectivity index (χ0v) is 7.00. The summed E-state index contributed by atoms with van der Waals surface area (Å²) in [5, 5.41) is 8.44. The van der Waals surface area contributed by atoms with Crippen LogP contribution in [0.5, 0.6) is 0 Å². The summed E-state index contributed by atoms with van der Waals surface area (Å²) in [5.41, 5.74) is 6.47. The third-order valence-electron chi connectivity index (χ3n) is 1.31. The van der Waals surface area contributed by atoms with Gasteiger partial charge in [0, 0.05) is 0 Å². The maximum atomic E-state index is 10.3. The quantitative estimate of drug-likeness (QED) is 0.598. The van der Waals surface area contributed by atoms with Crippen molar-refractivity contribution in [2.45, 2.75) is 20.3 Å². The molecule has 0 aliphatic carbocycles. The lowest BCUT2D eigenvalue weighted by atomic mass is 10.0. The van der Waals surface area contributed by atoms with Crippen molar-refractivity contribution in [1.29, 1.82) is 0 Å². The number of hydrogen-bond donors (Lipinski definition) is 2. The number of carbonyl (C=O) groups is 1. The molecule has 3 heteroatoms. The van der Waals surface area contributed by atoms with E-state index in [0.29, 0.717) is 6.54 Å². The second kappa shape index (κ2) is 4.91. The lowest BCUT2D eigenvalue weighted by Crippen LogP contribution is -2.16. The fourth-order valence-electron chi connectivity index (χ4n) is 0.906. The molecule has 0 aromatic heterocycles. The Labute approximate surface area is 66.9 Å². The third kappa shape index (κ3) is 5.61. The van der Waals surface area contributed by atoms with E-state index >= 15 is 0 Å². The molecular weight excluding hydrogens is 142 g/mol. The molecule has 0 spiro atoms. The molecule has 0 radical (unpaired) electrons. The van der Waals surface area contributed by atoms with E-state index in [1.807, 2.05) is 19.9 Å². The van der Waals surface area contributed by atoms with Gasteiger partial charge in [-0.1, -0.05) is 11.6 Å². The van der Waals surface area contributed by atoms with Crippen LogP contribution in [0, 0.1) is 5.92 Å². The first-order chi connectivity index (χ1) is 5.06. The molecule has 0 fully saturated rings. The van der Waals surface area contributed by atoms with Gasteiger partial charge in [-0.05, 0) is 26.3 Å². The second-order valence-electron chi connectivity index (χ2n) is 2.84. The third-order valence-corrected chi connectivity index (χ3v) is 1.31. The largest absolute Gasteiger partial charge is 0.481 e. The summed E-state index contributed by atoms with van der Waals surface area (Å²) in [4.78, 5) is 10.3. The molecule has 3 N–H and O–H groups in total. The molecule has 0 bridgehead atoms. The molecule has 0 saturated heterocycles. The van der Waals surface area contributed by atoms with Gasteiger partial charge in [0.2, 0.25) is 0 Å². The Morgan fingerprint density at radius 3 is 2.45 bits per heavy atom. The number of carboxylic acids is 1. The maximum Gasteiger partial charge on any atom is 0.303 e. The average Bonchev–Trinajstić information content (AvgIpc) is 1.84. The average molecular weight is 157 g/mol. The summed E-state index contributed by atoms with van der Waals surface area (Å²) in [6.07, 6.45) is 2.02. The van der Waals surface area contributed by atoms with Gasteiger partial charge in [0.15, 0.2) is 0 Å². The fraction of sp³-hybridized carbons (Fsp3) is 0.625. The number of rotatable bonds is 4. The van der Waals surface area contributed by atoms with Crippen LogP contribution in [0.1, 0.15) is 20.3 Å². The maximum absolute atomic E-state index is 10.3. The summed E-state index contributed by atoms with van der Waals surface area (Å²) >= 11 is 0. The van der Waals surface area contributed by atoms with Crippen LogP contribution in [0.2, 0.25) is 0 Å². The van der Waals surface area contributed by atoms with Crippen molar-refractivity contribution in [2.24, 2.45) is 11.7 Å². The van der Waals surface area contributed by atoms with Crippen molar-refractivity contribution in [3.05, 3.63) is 11.6 Å². The van der Waals surface area contributed by atoms with Crippen LogP contribution in [0.4, 0.5) is 0 Å². The summed E-state index contributed by atoms with van der Waals surface area (Å²) in [6, 6.07) is 0. The Hall–Kier alpha value is -0.830. The smallest absolute Gasteiger partial charge is 0.303 e. The molecule has 0 aliphatic rings. The Morgan fingerprint density at radius 2 is 2.18 bits per heavy atom. The predicted octanol–water partition coefficient (Wildman–Crippen LogP) is 1.00. The van der Waals surface area contributed by atoms with Crippen LogP contribution < -0.4 is 5.73 Å². The molecule has 0 amide bonds. The number of allylic oxidation sites excluding steroid dienone is 1. The highest BCUT2D eigenvalue weighted by Crippen LogP contribution is 2.06. The standard InChI is InChI=1S/C8H15NO2/c1-6(2)3-7(5-9)4-8(10)11/h3,7H,4-5,9H2,1-2H3,(H,10,11)/t7-/m1/s1. The number of aliphatic carboxylic acids is 1. The Bertz CT molecular complexity index is 159. The van der Waals surface area contributed by atoms with E-state index < -0.39 is 5.97 Å². The van der Waals surface area contributed by atoms with Gasteiger partial charge in [-0.25, -0.2) is 0 Å². The summed E-state index contributed by atoms with van der Waals surface area (Å²) < 4.78 is 0. The zero-order chi connectivity index (χ0) is 8.85. The van der Waals surface area contributed by atoms with Crippen LogP contribution in [0.25, 0.3) is 0 Å². The first kappa shape index (κ1) is 10.2. The number of hydrogen-bond acceptors (Lipinski definition) is 2. The van der Waals surface area contributed by atoms with Gasteiger partial charge in [-0.15, -0.1) is 0 Å². The van der Waals surface area contributed by atoms with E-state index in [0.717, 1.165) is 5.57 Å². The molecule has 0 saturated carbocycles. The molecule has 0 heterocycles. The van der Waals surface area contributed by atoms with Crippen molar-refractivity contribution < 1.29 is 9.90 Å². The zero-order valence-electron chi connectivity index (χ0n) is 7.00. The lowest BCUT2D eigenvalue weighted by molar-refractivity contribution is -0.137. The van der Waals surface area contributed by atoms with E-state index in [1.54, 1.807) is 0 Å². The molecule has 1 atom stereocenters. The van der Waals surface area contributed by atoms with Crippen LogP contribution in [0.15, 0.2) is 11.6 Å². The Morgan fingerprint density at radius 1 is 1.64 bits per heavy atom. The monoisotopic (exact) mass is 157 g/mol. The highest BCUT2D eigenvalue weighted by molar-refractivity contribution is 5.67. The minimum atomic E-state index is -0.794. The van der Waals surface area contributed by atoms with Gasteiger partial charge < -0.3 is 10.8 Å². The van der Waals surface area contributed by atoms with Crippen LogP contribution in [0.3, 0.4) is 0 Å². The minimum Gasteiger partial charge on any atom is -0.481 e. The van der Waals surface area contributed by atoms with Crippen molar-refractivity contribution in [3.8, 4) is 0 Å². The molecule has 64 valence electrons. The molecule has 0 aromatic rings. The predicted molar refractivity (Wildman–Crippen MR) is 44.2 cm³/mol. The number of nitrogens with two attached hydrogens (primary N) is 1. The van der Waals surface area contributed by atoms with Crippen molar-refractivity contribution >= 4 is 5.97 Å². The normalized spacial score (nSPS) is 12.3. The van der Waals surface area contributed by atoms with Crippen molar-refractivity contribution in [1.82, 2.24) is 0 Å². The van der Waals surface area contributed by atoms with Gasteiger partial charge in [-0.2, -0.15) is 0 Å². The van der Waals surface area contributed by atoms with E-state index in [2.05, 4.69) is 0 Å². The van der Waals surface area contributed by atoms with Crippen LogP contribution >= 0.6 is 0 Å². The van der Waals surface area contributed by atoms with Crippen molar-refractivity contribution in [3.63, 3.8) is 0 Å². The van der Waals surface area contributed by atoms with Gasteiger partial charge in [-0.3, -0.25) is 4.79 Å². The van der Waals surface area contributed by atoms with Gasteiger partial charge >= 0.3 is 5.97 Å². The van der Waals surface area contributed by atoms with Gasteiger partial charge in [0.25, 0.3) is 0 Å². The topological polar surface area (TPSA) is 63.3 Å². The molecule has 0 rings (SSSR count). The van der Waals surface area contributed by atoms with E-state index in [1.165, 1.54) is 0 Å². The lowest BCUT2D eigenvalue weighted by Gasteiger charge is -2.06.